The Balaban J connectivity index is 1.20. The van der Waals surface area contributed by atoms with Crippen LogP contribution in [0.25, 0.3) is 0 Å². The molecule has 30 heavy (non-hydrogen) atoms. The van der Waals surface area contributed by atoms with E-state index in [-0.39, 0.29) is 0 Å². The van der Waals surface area contributed by atoms with Gasteiger partial charge in [0, 0.05) is 32.0 Å². The fraction of sp³-hybridized carbons (Fsp3) is 0.565. The monoisotopic (exact) mass is 404 g/mol. The summed E-state index contributed by atoms with van der Waals surface area (Å²) in [7, 11) is 0. The third-order valence-electron chi connectivity index (χ3n) is 7.36. The number of aryl methyl sites for hydroxylation is 2. The summed E-state index contributed by atoms with van der Waals surface area (Å²) in [6.07, 6.45) is 5.88. The molecule has 1 aliphatic carbocycles. The average molecular weight is 405 g/mol. The molecule has 156 valence electrons. The van der Waals surface area contributed by atoms with Gasteiger partial charge in [0.15, 0.2) is 11.6 Å². The van der Waals surface area contributed by atoms with E-state index >= 15 is 0 Å². The van der Waals surface area contributed by atoms with Crippen molar-refractivity contribution in [1.82, 2.24) is 24.9 Å². The van der Waals surface area contributed by atoms with Crippen LogP contribution in [-0.4, -0.2) is 38.0 Å². The molecule has 6 rings (SSSR count). The quantitative estimate of drug-likeness (QED) is 0.662. The highest BCUT2D eigenvalue weighted by molar-refractivity contribution is 5.29. The Morgan fingerprint density at radius 3 is 2.57 bits per heavy atom. The second-order valence-corrected chi connectivity index (χ2v) is 9.21. The van der Waals surface area contributed by atoms with Crippen molar-refractivity contribution < 1.29 is 4.52 Å². The molecule has 2 bridgehead atoms. The van der Waals surface area contributed by atoms with Crippen molar-refractivity contribution in [2.24, 2.45) is 17.8 Å². The molecule has 1 saturated carbocycles. The molecule has 7 nitrogen and oxygen atoms in total. The second-order valence-electron chi connectivity index (χ2n) is 9.21. The van der Waals surface area contributed by atoms with Gasteiger partial charge in [-0.3, -0.25) is 0 Å². The van der Waals surface area contributed by atoms with Crippen LogP contribution >= 0.6 is 0 Å². The lowest BCUT2D eigenvalue weighted by molar-refractivity contribution is 0.254. The SMILES string of the molecule is Cc1noc(N2C[C@H]3CC[C@@H](C2)C3Cc2nc3n(n2)CCCC3c2ccccc2)n1. The predicted octanol–water partition coefficient (Wildman–Crippen LogP) is 3.60. The topological polar surface area (TPSA) is 72.9 Å². The number of rotatable bonds is 4. The van der Waals surface area contributed by atoms with Gasteiger partial charge in [0.25, 0.3) is 0 Å². The van der Waals surface area contributed by atoms with Crippen molar-refractivity contribution in [3.8, 4) is 0 Å². The molecule has 0 amide bonds. The Labute approximate surface area is 176 Å². The lowest BCUT2D eigenvalue weighted by atomic mass is 9.82. The summed E-state index contributed by atoms with van der Waals surface area (Å²) in [5, 5.41) is 8.92. The van der Waals surface area contributed by atoms with Crippen LogP contribution in [-0.2, 0) is 13.0 Å². The molecule has 0 spiro atoms. The van der Waals surface area contributed by atoms with E-state index in [4.69, 9.17) is 14.6 Å². The Hall–Kier alpha value is -2.70. The predicted molar refractivity (Wildman–Crippen MR) is 112 cm³/mol. The molecule has 1 aromatic carbocycles. The minimum atomic E-state index is 0.375. The summed E-state index contributed by atoms with van der Waals surface area (Å²) in [6.45, 7) is 4.88. The summed E-state index contributed by atoms with van der Waals surface area (Å²) in [6, 6.07) is 11.5. The standard InChI is InChI=1S/C23H28N6O/c1-15-24-23(30-27-15)28-13-17-9-10-18(14-28)20(17)12-21-25-22-19(8-5-11-29(22)26-21)16-6-3-2-4-7-16/h2-4,6-7,17-20H,5,8-14H2,1H3/t17-,18+,19?,20?. The third kappa shape index (κ3) is 3.11. The molecule has 3 aromatic rings. The summed E-state index contributed by atoms with van der Waals surface area (Å²) < 4.78 is 7.60. The Morgan fingerprint density at radius 2 is 1.83 bits per heavy atom. The second kappa shape index (κ2) is 7.22. The van der Waals surface area contributed by atoms with E-state index in [0.717, 1.165) is 44.1 Å². The van der Waals surface area contributed by atoms with Crippen molar-refractivity contribution >= 4 is 6.01 Å². The first-order valence-corrected chi connectivity index (χ1v) is 11.3. The largest absolute Gasteiger partial charge is 0.324 e. The van der Waals surface area contributed by atoms with Gasteiger partial charge in [-0.1, -0.05) is 35.5 Å². The van der Waals surface area contributed by atoms with Crippen molar-refractivity contribution in [2.75, 3.05) is 18.0 Å². The maximum absolute atomic E-state index is 5.43. The van der Waals surface area contributed by atoms with Crippen molar-refractivity contribution in [3.63, 3.8) is 0 Å². The highest BCUT2D eigenvalue weighted by Crippen LogP contribution is 2.44. The number of aromatic nitrogens is 5. The van der Waals surface area contributed by atoms with Crippen LogP contribution in [0.3, 0.4) is 0 Å². The Kier molecular flexibility index (Phi) is 4.35. The van der Waals surface area contributed by atoms with Crippen LogP contribution < -0.4 is 4.90 Å². The average Bonchev–Trinajstić information content (AvgIpc) is 3.44. The molecule has 0 N–H and O–H groups in total. The number of hydrogen-bond donors (Lipinski definition) is 0. The minimum Gasteiger partial charge on any atom is -0.324 e. The van der Waals surface area contributed by atoms with Crippen molar-refractivity contribution in [2.45, 2.75) is 51.5 Å². The van der Waals surface area contributed by atoms with E-state index in [2.05, 4.69) is 50.1 Å². The van der Waals surface area contributed by atoms with Crippen molar-refractivity contribution in [1.29, 1.82) is 0 Å². The number of anilines is 1. The van der Waals surface area contributed by atoms with E-state index in [1.54, 1.807) is 0 Å². The van der Waals surface area contributed by atoms with Gasteiger partial charge in [-0.2, -0.15) is 10.1 Å². The third-order valence-corrected chi connectivity index (χ3v) is 7.36. The van der Waals surface area contributed by atoms with Gasteiger partial charge in [-0.05, 0) is 55.9 Å². The van der Waals surface area contributed by atoms with Crippen LogP contribution in [0.15, 0.2) is 34.9 Å². The smallest absolute Gasteiger partial charge is 0.324 e. The molecule has 2 unspecified atom stereocenters. The molecule has 2 fully saturated rings. The molecule has 0 radical (unpaired) electrons. The molecular weight excluding hydrogens is 376 g/mol. The van der Waals surface area contributed by atoms with Gasteiger partial charge >= 0.3 is 6.01 Å². The van der Waals surface area contributed by atoms with Crippen molar-refractivity contribution in [3.05, 3.63) is 53.4 Å². The number of nitrogens with zero attached hydrogens (tertiary/aromatic N) is 6. The molecule has 1 saturated heterocycles. The van der Waals surface area contributed by atoms with Gasteiger partial charge in [-0.25, -0.2) is 9.67 Å². The first-order valence-electron chi connectivity index (χ1n) is 11.3. The maximum Gasteiger partial charge on any atom is 0.324 e. The molecule has 4 heterocycles. The summed E-state index contributed by atoms with van der Waals surface area (Å²) in [5.74, 6) is 5.25. The van der Waals surface area contributed by atoms with Gasteiger partial charge in [0.2, 0.25) is 0 Å². The number of benzene rings is 1. The number of piperidine rings is 1. The number of hydrogen-bond acceptors (Lipinski definition) is 6. The van der Waals surface area contributed by atoms with Gasteiger partial charge < -0.3 is 9.42 Å². The molecular formula is C23H28N6O. The molecule has 2 aliphatic heterocycles. The van der Waals surface area contributed by atoms with Gasteiger partial charge in [0.05, 0.1) is 0 Å². The molecule has 2 aromatic heterocycles. The highest BCUT2D eigenvalue weighted by Gasteiger charge is 2.43. The van der Waals surface area contributed by atoms with Crippen LogP contribution in [0.5, 0.6) is 0 Å². The van der Waals surface area contributed by atoms with E-state index in [1.807, 2.05) is 6.92 Å². The van der Waals surface area contributed by atoms with Crippen LogP contribution in [0, 0.1) is 24.7 Å². The normalized spacial score (nSPS) is 28.0. The maximum atomic E-state index is 5.43. The lowest BCUT2D eigenvalue weighted by Gasteiger charge is -2.36. The Bertz CT molecular complexity index is 1010. The molecule has 7 heteroatoms. The first-order chi connectivity index (χ1) is 14.7. The highest BCUT2D eigenvalue weighted by atomic mass is 16.5. The minimum absolute atomic E-state index is 0.375. The Morgan fingerprint density at radius 1 is 1.03 bits per heavy atom. The lowest BCUT2D eigenvalue weighted by Crippen LogP contribution is -2.43. The summed E-state index contributed by atoms with van der Waals surface area (Å²) >= 11 is 0. The zero-order valence-electron chi connectivity index (χ0n) is 17.4. The van der Waals surface area contributed by atoms with E-state index < -0.39 is 0 Å². The van der Waals surface area contributed by atoms with E-state index in [0.29, 0.717) is 35.5 Å². The van der Waals surface area contributed by atoms with Crippen LogP contribution in [0.4, 0.5) is 6.01 Å². The van der Waals surface area contributed by atoms with Crippen LogP contribution in [0.2, 0.25) is 0 Å². The zero-order valence-corrected chi connectivity index (χ0v) is 17.4. The van der Waals surface area contributed by atoms with Gasteiger partial charge in [-0.15, -0.1) is 0 Å². The molecule has 4 atom stereocenters. The van der Waals surface area contributed by atoms with E-state index in [1.165, 1.54) is 24.8 Å². The van der Waals surface area contributed by atoms with E-state index in [9.17, 15) is 0 Å². The fourth-order valence-electron chi connectivity index (χ4n) is 5.94. The first kappa shape index (κ1) is 18.1. The van der Waals surface area contributed by atoms with Gasteiger partial charge in [0.1, 0.15) is 5.82 Å². The summed E-state index contributed by atoms with van der Waals surface area (Å²) in [5.41, 5.74) is 1.36. The molecule has 3 aliphatic rings. The fourth-order valence-corrected chi connectivity index (χ4v) is 5.94. The van der Waals surface area contributed by atoms with Crippen LogP contribution in [0.1, 0.15) is 54.6 Å². The zero-order chi connectivity index (χ0) is 20.1. The summed E-state index contributed by atoms with van der Waals surface area (Å²) in [4.78, 5) is 11.8. The number of fused-ring (bicyclic) bond motifs is 3.